The topological polar surface area (TPSA) is 12.5 Å². The van der Waals surface area contributed by atoms with Crippen LogP contribution in [0.4, 0.5) is 0 Å². The van der Waals surface area contributed by atoms with Crippen molar-refractivity contribution >= 4 is 0 Å². The minimum Gasteiger partial charge on any atom is -0.381 e. The van der Waals surface area contributed by atoms with Gasteiger partial charge in [0, 0.05) is 19.2 Å². The highest BCUT2D eigenvalue weighted by Gasteiger charge is 2.50. The maximum absolute atomic E-state index is 5.65. The van der Waals surface area contributed by atoms with Crippen molar-refractivity contribution in [3.63, 3.8) is 0 Å². The van der Waals surface area contributed by atoms with E-state index in [0.717, 1.165) is 41.7 Å². The van der Waals surface area contributed by atoms with Gasteiger partial charge in [-0.25, -0.2) is 0 Å². The fourth-order valence-electron chi connectivity index (χ4n) is 7.14. The number of fused-ring (bicyclic) bond motifs is 2. The largest absolute Gasteiger partial charge is 0.381 e. The summed E-state index contributed by atoms with van der Waals surface area (Å²) in [4.78, 5) is 2.80. The Kier molecular flexibility index (Phi) is 5.25. The van der Waals surface area contributed by atoms with E-state index in [1.165, 1.54) is 70.6 Å². The van der Waals surface area contributed by atoms with Crippen molar-refractivity contribution < 1.29 is 4.74 Å². The molecule has 2 heteroatoms. The molecule has 0 aromatic heterocycles. The molecule has 2 unspecified atom stereocenters. The van der Waals surface area contributed by atoms with Gasteiger partial charge in [-0.15, -0.1) is 0 Å². The fraction of sp³-hybridized carbons (Fsp3) is 1.00. The second-order valence-corrected chi connectivity index (χ2v) is 9.73. The first kappa shape index (κ1) is 17.3. The minimum absolute atomic E-state index is 0.549. The number of hydrogen-bond acceptors (Lipinski definition) is 2. The van der Waals surface area contributed by atoms with Gasteiger partial charge in [0.15, 0.2) is 0 Å². The number of rotatable bonds is 3. The van der Waals surface area contributed by atoms with Gasteiger partial charge in [0.2, 0.25) is 0 Å². The first-order valence-corrected chi connectivity index (χ1v) is 10.9. The normalized spacial score (nSPS) is 50.1. The highest BCUT2D eigenvalue weighted by molar-refractivity contribution is 5.03. The molecular weight excluding hydrogens is 294 g/mol. The number of ether oxygens (including phenoxy) is 1. The predicted molar refractivity (Wildman–Crippen MR) is 100 cm³/mol. The minimum atomic E-state index is 0.549. The van der Waals surface area contributed by atoms with Gasteiger partial charge in [-0.05, 0) is 94.4 Å². The fourth-order valence-corrected chi connectivity index (χ4v) is 7.14. The van der Waals surface area contributed by atoms with Crippen LogP contribution in [0.2, 0.25) is 0 Å². The molecule has 0 N–H and O–H groups in total. The summed E-state index contributed by atoms with van der Waals surface area (Å²) in [5.74, 6) is 5.04. The Labute approximate surface area is 149 Å². The standard InChI is InChI=1S/C22H39NO/c1-15-4-6-16(7-5-15)20-14-18-10-13-21(23(18)2)22(20)17-8-11-19(24-3)12-9-17/h15-22H,4-14H2,1-3H3/t15?,16?,17?,18-,19?,20-,21?,22?/m1/s1. The molecule has 2 saturated heterocycles. The summed E-state index contributed by atoms with van der Waals surface area (Å²) in [6, 6.07) is 1.81. The van der Waals surface area contributed by atoms with Gasteiger partial charge in [0.05, 0.1) is 6.10 Å². The van der Waals surface area contributed by atoms with Crippen molar-refractivity contribution in [3.05, 3.63) is 0 Å². The molecule has 0 radical (unpaired) electrons. The molecule has 2 aliphatic carbocycles. The summed E-state index contributed by atoms with van der Waals surface area (Å²) in [6.45, 7) is 2.47. The highest BCUT2D eigenvalue weighted by Crippen LogP contribution is 2.52. The third kappa shape index (κ3) is 3.18. The molecule has 0 aromatic carbocycles. The van der Waals surface area contributed by atoms with Crippen LogP contribution in [0.25, 0.3) is 0 Å². The van der Waals surface area contributed by atoms with Crippen LogP contribution in [0.1, 0.15) is 77.6 Å². The quantitative estimate of drug-likeness (QED) is 0.711. The third-order valence-electron chi connectivity index (χ3n) is 8.64. The van der Waals surface area contributed by atoms with E-state index in [9.17, 15) is 0 Å². The second kappa shape index (κ2) is 7.27. The van der Waals surface area contributed by atoms with Crippen molar-refractivity contribution in [1.82, 2.24) is 4.90 Å². The first-order valence-electron chi connectivity index (χ1n) is 10.9. The van der Waals surface area contributed by atoms with Crippen LogP contribution in [-0.2, 0) is 4.74 Å². The van der Waals surface area contributed by atoms with Crippen molar-refractivity contribution in [3.8, 4) is 0 Å². The Morgan fingerprint density at radius 3 is 2.12 bits per heavy atom. The van der Waals surface area contributed by atoms with E-state index in [2.05, 4.69) is 18.9 Å². The van der Waals surface area contributed by atoms with Crippen molar-refractivity contribution in [2.75, 3.05) is 14.2 Å². The molecule has 2 heterocycles. The van der Waals surface area contributed by atoms with Gasteiger partial charge >= 0.3 is 0 Å². The van der Waals surface area contributed by atoms with Crippen LogP contribution in [0.5, 0.6) is 0 Å². The van der Waals surface area contributed by atoms with Gasteiger partial charge < -0.3 is 9.64 Å². The lowest BCUT2D eigenvalue weighted by atomic mass is 9.61. The summed E-state index contributed by atoms with van der Waals surface area (Å²) in [5.41, 5.74) is 0. The number of hydrogen-bond donors (Lipinski definition) is 0. The molecule has 24 heavy (non-hydrogen) atoms. The molecule has 2 nitrogen and oxygen atoms in total. The van der Waals surface area contributed by atoms with Gasteiger partial charge in [-0.2, -0.15) is 0 Å². The molecular formula is C22H39NO. The second-order valence-electron chi connectivity index (χ2n) is 9.73. The average molecular weight is 334 g/mol. The van der Waals surface area contributed by atoms with E-state index in [-0.39, 0.29) is 0 Å². The van der Waals surface area contributed by atoms with E-state index < -0.39 is 0 Å². The smallest absolute Gasteiger partial charge is 0.0571 e. The third-order valence-corrected chi connectivity index (χ3v) is 8.64. The molecule has 138 valence electrons. The molecule has 0 aromatic rings. The maximum Gasteiger partial charge on any atom is 0.0571 e. The summed E-state index contributed by atoms with van der Waals surface area (Å²) >= 11 is 0. The van der Waals surface area contributed by atoms with Crippen molar-refractivity contribution in [2.24, 2.45) is 29.6 Å². The zero-order valence-corrected chi connectivity index (χ0v) is 16.3. The van der Waals surface area contributed by atoms with Crippen LogP contribution in [0, 0.1) is 29.6 Å². The summed E-state index contributed by atoms with van der Waals surface area (Å²) in [5, 5.41) is 0. The van der Waals surface area contributed by atoms with Gasteiger partial charge in [0.25, 0.3) is 0 Å². The lowest BCUT2D eigenvalue weighted by molar-refractivity contribution is -0.0327. The molecule has 2 saturated carbocycles. The van der Waals surface area contributed by atoms with Crippen LogP contribution in [-0.4, -0.2) is 37.2 Å². The Morgan fingerprint density at radius 1 is 0.792 bits per heavy atom. The zero-order valence-electron chi connectivity index (χ0n) is 16.3. The Hall–Kier alpha value is -0.0800. The molecule has 4 aliphatic rings. The van der Waals surface area contributed by atoms with E-state index in [1.807, 2.05) is 7.11 Å². The van der Waals surface area contributed by atoms with Crippen molar-refractivity contribution in [1.29, 1.82) is 0 Å². The maximum atomic E-state index is 5.65. The van der Waals surface area contributed by atoms with Crippen LogP contribution >= 0.6 is 0 Å². The van der Waals surface area contributed by atoms with Gasteiger partial charge in [0.1, 0.15) is 0 Å². The lowest BCUT2D eigenvalue weighted by Crippen LogP contribution is -2.52. The van der Waals surface area contributed by atoms with E-state index in [4.69, 9.17) is 4.74 Å². The number of methoxy groups -OCH3 is 1. The van der Waals surface area contributed by atoms with E-state index in [0.29, 0.717) is 6.10 Å². The Morgan fingerprint density at radius 2 is 1.46 bits per heavy atom. The molecule has 0 amide bonds. The highest BCUT2D eigenvalue weighted by atomic mass is 16.5. The molecule has 4 fully saturated rings. The Balaban J connectivity index is 1.50. The lowest BCUT2D eigenvalue weighted by Gasteiger charge is -2.51. The predicted octanol–water partition coefficient (Wildman–Crippen LogP) is 5.12. The van der Waals surface area contributed by atoms with Crippen LogP contribution in [0.15, 0.2) is 0 Å². The molecule has 4 atom stereocenters. The van der Waals surface area contributed by atoms with E-state index in [1.54, 1.807) is 0 Å². The Bertz CT molecular complexity index is 408. The van der Waals surface area contributed by atoms with Gasteiger partial charge in [-0.1, -0.05) is 19.8 Å². The number of nitrogens with zero attached hydrogens (tertiary/aromatic N) is 1. The average Bonchev–Trinajstić information content (AvgIpc) is 2.85. The first-order chi connectivity index (χ1) is 11.7. The van der Waals surface area contributed by atoms with Crippen molar-refractivity contribution in [2.45, 2.75) is 95.7 Å². The molecule has 4 rings (SSSR count). The monoisotopic (exact) mass is 333 g/mol. The summed E-state index contributed by atoms with van der Waals surface area (Å²) in [6.07, 6.45) is 16.5. The SMILES string of the molecule is COC1CCC(C2C3CC[C@H](C[C@@H]2C2CCC(C)CC2)N3C)CC1. The molecule has 0 spiro atoms. The summed E-state index contributed by atoms with van der Waals surface area (Å²) < 4.78 is 5.65. The number of piperidine rings is 1. The van der Waals surface area contributed by atoms with Crippen LogP contribution in [0.3, 0.4) is 0 Å². The van der Waals surface area contributed by atoms with E-state index >= 15 is 0 Å². The van der Waals surface area contributed by atoms with Crippen LogP contribution < -0.4 is 0 Å². The molecule has 2 bridgehead atoms. The summed E-state index contributed by atoms with van der Waals surface area (Å²) in [7, 11) is 4.35. The zero-order chi connectivity index (χ0) is 16.7. The van der Waals surface area contributed by atoms with Gasteiger partial charge in [-0.3, -0.25) is 0 Å². The molecule has 2 aliphatic heterocycles.